The molecule has 0 saturated carbocycles. The molecule has 1 saturated heterocycles. The predicted molar refractivity (Wildman–Crippen MR) is 104 cm³/mol. The maximum atomic E-state index is 12.6. The Labute approximate surface area is 158 Å². The Morgan fingerprint density at radius 1 is 1.27 bits per heavy atom. The van der Waals surface area contributed by atoms with Crippen LogP contribution in [0.2, 0.25) is 0 Å². The topological polar surface area (TPSA) is 58.6 Å². The van der Waals surface area contributed by atoms with Crippen molar-refractivity contribution in [2.45, 2.75) is 32.4 Å². The number of carbonyl (C=O) groups excluding carboxylic acids is 2. The third-order valence-electron chi connectivity index (χ3n) is 4.39. The van der Waals surface area contributed by atoms with E-state index in [9.17, 15) is 9.59 Å². The second-order valence-corrected chi connectivity index (χ2v) is 7.57. The van der Waals surface area contributed by atoms with Crippen molar-refractivity contribution in [3.8, 4) is 0 Å². The zero-order valence-corrected chi connectivity index (χ0v) is 15.8. The van der Waals surface area contributed by atoms with Gasteiger partial charge in [0.25, 0.3) is 0 Å². The molecule has 5 nitrogen and oxygen atoms in total. The molecule has 0 aliphatic carbocycles. The third kappa shape index (κ3) is 5.24. The molecule has 1 aromatic heterocycles. The van der Waals surface area contributed by atoms with Crippen LogP contribution in [0.5, 0.6) is 0 Å². The lowest BCUT2D eigenvalue weighted by Gasteiger charge is -2.24. The maximum Gasteiger partial charge on any atom is 0.238 e. The summed E-state index contributed by atoms with van der Waals surface area (Å²) >= 11 is 1.69. The van der Waals surface area contributed by atoms with Crippen LogP contribution in [0.1, 0.15) is 35.0 Å². The van der Waals surface area contributed by atoms with Gasteiger partial charge in [-0.2, -0.15) is 0 Å². The number of rotatable bonds is 8. The van der Waals surface area contributed by atoms with E-state index in [0.29, 0.717) is 11.3 Å². The zero-order valence-electron chi connectivity index (χ0n) is 14.9. The molecule has 6 heteroatoms. The van der Waals surface area contributed by atoms with Crippen LogP contribution in [0.15, 0.2) is 41.8 Å². The van der Waals surface area contributed by atoms with Gasteiger partial charge in [-0.05, 0) is 43.3 Å². The molecule has 1 aromatic carbocycles. The molecule has 0 unspecified atom stereocenters. The molecule has 2 aromatic rings. The highest BCUT2D eigenvalue weighted by molar-refractivity contribution is 7.09. The van der Waals surface area contributed by atoms with Crippen LogP contribution < -0.4 is 5.32 Å². The fourth-order valence-corrected chi connectivity index (χ4v) is 3.92. The highest BCUT2D eigenvalue weighted by atomic mass is 32.1. The Morgan fingerprint density at radius 2 is 2.12 bits per heavy atom. The predicted octanol–water partition coefficient (Wildman–Crippen LogP) is 3.57. The van der Waals surface area contributed by atoms with Gasteiger partial charge in [0.15, 0.2) is 5.78 Å². The fraction of sp³-hybridized carbons (Fsp3) is 0.400. The van der Waals surface area contributed by atoms with Crippen molar-refractivity contribution in [1.82, 2.24) is 4.90 Å². The van der Waals surface area contributed by atoms with Crippen LogP contribution in [-0.2, 0) is 16.1 Å². The number of amides is 1. The van der Waals surface area contributed by atoms with E-state index in [1.807, 2.05) is 17.5 Å². The van der Waals surface area contributed by atoms with Gasteiger partial charge in [-0.1, -0.05) is 18.2 Å². The normalized spacial score (nSPS) is 16.8. The van der Waals surface area contributed by atoms with Gasteiger partial charge >= 0.3 is 0 Å². The Morgan fingerprint density at radius 3 is 2.81 bits per heavy atom. The first-order valence-corrected chi connectivity index (χ1v) is 9.76. The zero-order chi connectivity index (χ0) is 18.4. The lowest BCUT2D eigenvalue weighted by Crippen LogP contribution is -2.37. The average molecular weight is 372 g/mol. The molecule has 1 aliphatic heterocycles. The maximum absolute atomic E-state index is 12.6. The molecule has 1 fully saturated rings. The summed E-state index contributed by atoms with van der Waals surface area (Å²) in [6, 6.07) is 11.2. The molecule has 1 amide bonds. The highest BCUT2D eigenvalue weighted by Crippen LogP contribution is 2.18. The number of para-hydroxylation sites is 1. The summed E-state index contributed by atoms with van der Waals surface area (Å²) in [6.45, 7) is 4.03. The number of hydrogen-bond acceptors (Lipinski definition) is 5. The quantitative estimate of drug-likeness (QED) is 0.720. The van der Waals surface area contributed by atoms with Gasteiger partial charge in [-0.25, -0.2) is 0 Å². The van der Waals surface area contributed by atoms with Crippen molar-refractivity contribution >= 4 is 28.7 Å². The monoisotopic (exact) mass is 372 g/mol. The number of hydrogen-bond donors (Lipinski definition) is 1. The number of ether oxygens (including phenoxy) is 1. The number of nitrogens with zero attached hydrogens (tertiary/aromatic N) is 1. The first-order valence-electron chi connectivity index (χ1n) is 8.88. The Bertz CT molecular complexity index is 739. The minimum Gasteiger partial charge on any atom is -0.377 e. The van der Waals surface area contributed by atoms with Crippen LogP contribution >= 0.6 is 11.3 Å². The van der Waals surface area contributed by atoms with E-state index in [0.717, 1.165) is 32.5 Å². The van der Waals surface area contributed by atoms with Crippen LogP contribution in [0.3, 0.4) is 0 Å². The molecule has 2 heterocycles. The molecule has 3 rings (SSSR count). The number of anilines is 1. The van der Waals surface area contributed by atoms with E-state index < -0.39 is 0 Å². The van der Waals surface area contributed by atoms with E-state index in [4.69, 9.17) is 4.74 Å². The van der Waals surface area contributed by atoms with Crippen molar-refractivity contribution < 1.29 is 14.3 Å². The smallest absolute Gasteiger partial charge is 0.238 e. The van der Waals surface area contributed by atoms with Gasteiger partial charge in [0.05, 0.1) is 18.3 Å². The van der Waals surface area contributed by atoms with Crippen molar-refractivity contribution in [1.29, 1.82) is 0 Å². The van der Waals surface area contributed by atoms with Crippen LogP contribution in [0.25, 0.3) is 0 Å². The van der Waals surface area contributed by atoms with Gasteiger partial charge in [0.1, 0.15) is 0 Å². The molecule has 26 heavy (non-hydrogen) atoms. The molecular weight excluding hydrogens is 348 g/mol. The summed E-state index contributed by atoms with van der Waals surface area (Å²) in [6.07, 6.45) is 2.30. The second kappa shape index (κ2) is 9.07. The van der Waals surface area contributed by atoms with Crippen LogP contribution in [-0.4, -0.2) is 42.4 Å². The van der Waals surface area contributed by atoms with E-state index in [2.05, 4.69) is 16.3 Å². The molecular formula is C20H24N2O3S. The Hall–Kier alpha value is -2.02. The first kappa shape index (κ1) is 18.8. The summed E-state index contributed by atoms with van der Waals surface area (Å²) in [7, 11) is 0. The van der Waals surface area contributed by atoms with Gasteiger partial charge in [-0.15, -0.1) is 11.3 Å². The number of thiophene rings is 1. The van der Waals surface area contributed by atoms with E-state index in [1.54, 1.807) is 29.5 Å². The molecule has 138 valence electrons. The number of nitrogens with one attached hydrogen (secondary N) is 1. The summed E-state index contributed by atoms with van der Waals surface area (Å²) < 4.78 is 5.74. The fourth-order valence-electron chi connectivity index (χ4n) is 3.18. The number of ketones is 1. The third-order valence-corrected chi connectivity index (χ3v) is 5.25. The van der Waals surface area contributed by atoms with Crippen molar-refractivity contribution in [3.05, 3.63) is 52.2 Å². The van der Waals surface area contributed by atoms with Crippen LogP contribution in [0, 0.1) is 0 Å². The summed E-state index contributed by atoms with van der Waals surface area (Å²) in [5.41, 5.74) is 1.10. The van der Waals surface area contributed by atoms with E-state index in [1.165, 1.54) is 11.8 Å². The molecule has 1 N–H and O–H groups in total. The van der Waals surface area contributed by atoms with Crippen molar-refractivity contribution in [2.75, 3.05) is 25.0 Å². The lowest BCUT2D eigenvalue weighted by atomic mass is 10.1. The van der Waals surface area contributed by atoms with Gasteiger partial charge < -0.3 is 10.1 Å². The first-order chi connectivity index (χ1) is 12.6. The van der Waals surface area contributed by atoms with Gasteiger partial charge in [0, 0.05) is 30.1 Å². The number of Topliss-reactive ketones (excluding diaryl/α,β-unsaturated/α-hetero) is 1. The van der Waals surface area contributed by atoms with Gasteiger partial charge in [-0.3, -0.25) is 14.5 Å². The van der Waals surface area contributed by atoms with E-state index in [-0.39, 0.29) is 24.3 Å². The largest absolute Gasteiger partial charge is 0.377 e. The summed E-state index contributed by atoms with van der Waals surface area (Å²) in [5, 5.41) is 4.93. The molecule has 0 radical (unpaired) electrons. The van der Waals surface area contributed by atoms with Crippen molar-refractivity contribution in [2.24, 2.45) is 0 Å². The van der Waals surface area contributed by atoms with Crippen molar-refractivity contribution in [3.63, 3.8) is 0 Å². The average Bonchev–Trinajstić information content (AvgIpc) is 3.29. The van der Waals surface area contributed by atoms with Crippen LogP contribution in [0.4, 0.5) is 5.69 Å². The Balaban J connectivity index is 1.65. The highest BCUT2D eigenvalue weighted by Gasteiger charge is 2.21. The molecule has 0 spiro atoms. The second-order valence-electron chi connectivity index (χ2n) is 6.53. The molecule has 1 atom stereocenters. The Kier molecular flexibility index (Phi) is 6.55. The summed E-state index contributed by atoms with van der Waals surface area (Å²) in [5.74, 6) is -0.177. The standard InChI is InChI=1S/C20H24N2O3S/c1-15(23)18-8-2-3-9-19(18)21-20(24)14-22(12-16-6-4-10-25-16)13-17-7-5-11-26-17/h2-3,5,7-9,11,16H,4,6,10,12-14H2,1H3,(H,21,24)/t16-/m0/s1. The minimum atomic E-state index is -0.117. The van der Waals surface area contributed by atoms with Gasteiger partial charge in [0.2, 0.25) is 5.91 Å². The minimum absolute atomic E-state index is 0.0595. The van der Waals surface area contributed by atoms with E-state index >= 15 is 0 Å². The number of benzene rings is 1. The SMILES string of the molecule is CC(=O)c1ccccc1NC(=O)CN(Cc1cccs1)C[C@@H]1CCCO1. The molecule has 0 bridgehead atoms. The molecule has 1 aliphatic rings. The number of carbonyl (C=O) groups is 2. The summed E-state index contributed by atoms with van der Waals surface area (Å²) in [4.78, 5) is 27.7. The lowest BCUT2D eigenvalue weighted by molar-refractivity contribution is -0.117.